The average Bonchev–Trinajstić information content (AvgIpc) is 1.75. The number of hydrogen-bond donors (Lipinski definition) is 0. The molecule has 0 heterocycles. The third-order valence-corrected chi connectivity index (χ3v) is 15.4. The van der Waals surface area contributed by atoms with Crippen LogP contribution in [0.2, 0.25) is 0 Å². The van der Waals surface area contributed by atoms with Gasteiger partial charge in [-0.05, 0) is 129 Å². The number of benzene rings is 12. The monoisotopic (exact) mass is 1210 g/mol. The first kappa shape index (κ1) is 64.4. The first-order valence-electron chi connectivity index (χ1n) is 28.9. The number of rotatable bonds is 8. The van der Waals surface area contributed by atoms with Crippen LogP contribution in [0, 0.1) is 114 Å². The standard InChI is InChI=1S/2C20H15F3.2C20H16F2/c1-12-3-6-14(7-4-12)15-8-10-16(18(21)11-15)17-9-5-13(2)19(22)20(17)23;1-12-3-6-14(7-4-12)15-9-10-17(20(23)19(15)22)16-8-5-13(2)11-18(16)21;1-13-3-7-15(8-4-13)17-11-12-18(20(22)19(17)21)16-9-5-14(2)6-10-16;1-13-3-6-15(7-4-13)16-8-10-17(11-9-16)18-12-5-14(2)19(21)20(18)22/h2*3-11H,1-2H3;2*3-12H,1-2H3. The third kappa shape index (κ3) is 14.9. The van der Waals surface area contributed by atoms with Crippen molar-refractivity contribution in [3.63, 3.8) is 0 Å². The molecular formula is C80H62F10. The van der Waals surface area contributed by atoms with E-state index in [2.05, 4.69) is 24.3 Å². The van der Waals surface area contributed by atoms with Gasteiger partial charge in [0.05, 0.1) is 0 Å². The Hall–Kier alpha value is -10.1. The molecule has 0 fully saturated rings. The van der Waals surface area contributed by atoms with Crippen molar-refractivity contribution in [2.45, 2.75) is 55.4 Å². The fourth-order valence-electron chi connectivity index (χ4n) is 9.98. The highest BCUT2D eigenvalue weighted by atomic mass is 19.2. The van der Waals surface area contributed by atoms with E-state index < -0.39 is 58.2 Å². The summed E-state index contributed by atoms with van der Waals surface area (Å²) < 4.78 is 142. The molecule has 0 saturated carbocycles. The van der Waals surface area contributed by atoms with Gasteiger partial charge in [0.25, 0.3) is 0 Å². The van der Waals surface area contributed by atoms with E-state index in [1.807, 2.05) is 120 Å². The van der Waals surface area contributed by atoms with Gasteiger partial charge in [0.2, 0.25) is 0 Å². The molecule has 0 aromatic heterocycles. The molecule has 0 amide bonds. The lowest BCUT2D eigenvalue weighted by atomic mass is 9.97. The summed E-state index contributed by atoms with van der Waals surface area (Å²) in [5.74, 6) is -8.28. The van der Waals surface area contributed by atoms with E-state index in [0.29, 0.717) is 38.9 Å². The van der Waals surface area contributed by atoms with E-state index in [-0.39, 0.29) is 44.5 Å². The van der Waals surface area contributed by atoms with Gasteiger partial charge in [-0.3, -0.25) is 0 Å². The summed E-state index contributed by atoms with van der Waals surface area (Å²) >= 11 is 0. The topological polar surface area (TPSA) is 0 Å². The Kier molecular flexibility index (Phi) is 20.3. The van der Waals surface area contributed by atoms with Crippen molar-refractivity contribution in [1.29, 1.82) is 0 Å². The van der Waals surface area contributed by atoms with E-state index in [4.69, 9.17) is 0 Å². The van der Waals surface area contributed by atoms with E-state index in [1.165, 1.54) is 61.0 Å². The van der Waals surface area contributed by atoms with E-state index >= 15 is 0 Å². The molecule has 0 unspecified atom stereocenters. The zero-order valence-electron chi connectivity index (χ0n) is 50.7. The average molecular weight is 1210 g/mol. The Morgan fingerprint density at radius 2 is 0.356 bits per heavy atom. The molecule has 12 aromatic rings. The Bertz CT molecular complexity index is 4420. The molecule has 0 aliphatic rings. The molecule has 0 bridgehead atoms. The van der Waals surface area contributed by atoms with E-state index in [9.17, 15) is 43.9 Å². The van der Waals surface area contributed by atoms with Crippen LogP contribution >= 0.6 is 0 Å². The van der Waals surface area contributed by atoms with E-state index in [1.54, 1.807) is 86.6 Å². The normalized spacial score (nSPS) is 10.8. The Morgan fingerprint density at radius 3 is 0.700 bits per heavy atom. The van der Waals surface area contributed by atoms with Crippen LogP contribution in [0.25, 0.3) is 89.0 Å². The maximum Gasteiger partial charge on any atom is 0.167 e. The summed E-state index contributed by atoms with van der Waals surface area (Å²) in [4.78, 5) is 0. The lowest BCUT2D eigenvalue weighted by molar-refractivity contribution is 0.505. The largest absolute Gasteiger partial charge is 0.206 e. The van der Waals surface area contributed by atoms with Gasteiger partial charge in [-0.1, -0.05) is 246 Å². The summed E-state index contributed by atoms with van der Waals surface area (Å²) in [6.07, 6.45) is 0. The predicted molar refractivity (Wildman–Crippen MR) is 347 cm³/mol. The lowest BCUT2D eigenvalue weighted by Gasteiger charge is -2.10. The molecule has 90 heavy (non-hydrogen) atoms. The first-order chi connectivity index (χ1) is 43.1. The highest BCUT2D eigenvalue weighted by molar-refractivity contribution is 5.76. The Morgan fingerprint density at radius 1 is 0.156 bits per heavy atom. The van der Waals surface area contributed by atoms with Crippen LogP contribution in [0.15, 0.2) is 231 Å². The number of halogens is 10. The van der Waals surface area contributed by atoms with Gasteiger partial charge >= 0.3 is 0 Å². The molecule has 12 aromatic carbocycles. The predicted octanol–water partition coefficient (Wildman–Crippen LogP) is 23.9. The quantitative estimate of drug-likeness (QED) is 0.133. The molecule has 0 aliphatic heterocycles. The number of hydrogen-bond acceptors (Lipinski definition) is 0. The SMILES string of the molecule is Cc1ccc(-c2ccc(-c3ccc(C)c(F)c3F)c(F)c2)cc1.Cc1ccc(-c2ccc(-c3ccc(C)c(F)c3F)cc2)cc1.Cc1ccc(-c2ccc(-c3ccc(C)cc3)c(F)c2F)cc1.Cc1ccc(-c2ccc(-c3ccc(C)cc3F)c(F)c2F)cc1. The van der Waals surface area contributed by atoms with Crippen LogP contribution in [-0.2, 0) is 0 Å². The van der Waals surface area contributed by atoms with Gasteiger partial charge in [-0.25, -0.2) is 43.9 Å². The Balaban J connectivity index is 0.000000142. The maximum absolute atomic E-state index is 14.5. The zero-order chi connectivity index (χ0) is 64.5. The molecule has 0 N–H and O–H groups in total. The molecule has 10 heteroatoms. The molecule has 452 valence electrons. The second kappa shape index (κ2) is 28.4. The smallest absolute Gasteiger partial charge is 0.167 e. The van der Waals surface area contributed by atoms with Crippen molar-refractivity contribution in [1.82, 2.24) is 0 Å². The van der Waals surface area contributed by atoms with Crippen LogP contribution in [-0.4, -0.2) is 0 Å². The summed E-state index contributed by atoms with van der Waals surface area (Å²) in [7, 11) is 0. The van der Waals surface area contributed by atoms with Crippen LogP contribution in [0.4, 0.5) is 43.9 Å². The van der Waals surface area contributed by atoms with Crippen molar-refractivity contribution in [2.24, 2.45) is 0 Å². The van der Waals surface area contributed by atoms with Crippen molar-refractivity contribution >= 4 is 0 Å². The number of aryl methyl sites for hydroxylation is 8. The van der Waals surface area contributed by atoms with Gasteiger partial charge in [-0.15, -0.1) is 0 Å². The second-order valence-electron chi connectivity index (χ2n) is 22.3. The highest BCUT2D eigenvalue weighted by Crippen LogP contribution is 2.36. The third-order valence-electron chi connectivity index (χ3n) is 15.4. The minimum absolute atomic E-state index is 0.0530. The van der Waals surface area contributed by atoms with Crippen molar-refractivity contribution in [3.05, 3.63) is 333 Å². The van der Waals surface area contributed by atoms with Gasteiger partial charge in [0.15, 0.2) is 46.5 Å². The van der Waals surface area contributed by atoms with Crippen molar-refractivity contribution < 1.29 is 43.9 Å². The molecule has 0 aliphatic carbocycles. The molecule has 0 spiro atoms. The molecule has 12 rings (SSSR count). The van der Waals surface area contributed by atoms with Crippen LogP contribution in [0.1, 0.15) is 44.5 Å². The van der Waals surface area contributed by atoms with Gasteiger partial charge < -0.3 is 0 Å². The van der Waals surface area contributed by atoms with Crippen molar-refractivity contribution in [2.75, 3.05) is 0 Å². The van der Waals surface area contributed by atoms with Gasteiger partial charge in [-0.2, -0.15) is 0 Å². The van der Waals surface area contributed by atoms with Gasteiger partial charge in [0.1, 0.15) is 11.6 Å². The van der Waals surface area contributed by atoms with Crippen LogP contribution in [0.3, 0.4) is 0 Å². The van der Waals surface area contributed by atoms with E-state index in [0.717, 1.165) is 44.5 Å². The second-order valence-corrected chi connectivity index (χ2v) is 22.3. The van der Waals surface area contributed by atoms with Gasteiger partial charge in [0, 0.05) is 44.5 Å². The van der Waals surface area contributed by atoms with Crippen LogP contribution in [0.5, 0.6) is 0 Å². The fraction of sp³-hybridized carbons (Fsp3) is 0.100. The zero-order valence-corrected chi connectivity index (χ0v) is 50.7. The lowest BCUT2D eigenvalue weighted by Crippen LogP contribution is -1.96. The Labute approximate surface area is 519 Å². The first-order valence-corrected chi connectivity index (χ1v) is 28.9. The summed E-state index contributed by atoms with van der Waals surface area (Å²) in [6, 6.07) is 66.5. The minimum Gasteiger partial charge on any atom is -0.206 e. The summed E-state index contributed by atoms with van der Waals surface area (Å²) in [5.41, 5.74) is 14.1. The summed E-state index contributed by atoms with van der Waals surface area (Å²) in [5, 5.41) is 0. The minimum atomic E-state index is -1.04. The van der Waals surface area contributed by atoms with Crippen LogP contribution < -0.4 is 0 Å². The highest BCUT2D eigenvalue weighted by Gasteiger charge is 2.21. The maximum atomic E-state index is 14.5. The molecule has 0 saturated heterocycles. The molecular weight excluding hydrogens is 1150 g/mol. The molecule has 0 radical (unpaired) electrons. The van der Waals surface area contributed by atoms with Crippen molar-refractivity contribution in [3.8, 4) is 89.0 Å². The summed E-state index contributed by atoms with van der Waals surface area (Å²) in [6.45, 7) is 14.6. The molecule has 0 nitrogen and oxygen atoms in total. The molecule has 0 atom stereocenters. The fourth-order valence-corrected chi connectivity index (χ4v) is 9.98.